The minimum absolute atomic E-state index is 0.379. The van der Waals surface area contributed by atoms with E-state index in [0.29, 0.717) is 32.2 Å². The van der Waals surface area contributed by atoms with Gasteiger partial charge in [0.25, 0.3) is 0 Å². The van der Waals surface area contributed by atoms with Crippen molar-refractivity contribution in [2.75, 3.05) is 11.5 Å². The number of nitrogens with zero attached hydrogens (tertiary/aromatic N) is 4. The van der Waals surface area contributed by atoms with Crippen LogP contribution in [0.2, 0.25) is 39.3 Å². The van der Waals surface area contributed by atoms with E-state index in [9.17, 15) is 0 Å². The van der Waals surface area contributed by atoms with Crippen LogP contribution < -0.4 is 11.5 Å². The molecule has 0 saturated heterocycles. The van der Waals surface area contributed by atoms with Crippen molar-refractivity contribution in [2.45, 2.75) is 39.3 Å². The first kappa shape index (κ1) is 24.3. The van der Waals surface area contributed by atoms with Gasteiger partial charge in [-0.25, -0.2) is 19.9 Å². The van der Waals surface area contributed by atoms with Gasteiger partial charge in [0, 0.05) is 0 Å². The smallest absolute Gasteiger partial charge is 0.158 e. The maximum Gasteiger partial charge on any atom is 0.158 e. The molecule has 0 amide bonds. The molecular formula is C18H24Br2N6Si2. The standard InChI is InChI=1S/C14H21N3Si2.C4H3Br2N3/c1-18(2,3)9-7-12-11-16-14(15)13(17-12)8-10-19(4,5)6;5-2-1-8-4(7)3(6)9-2/h11H,1-6H3,(H2,15,16);1H,(H2,7,8). The molecule has 10 heteroatoms. The lowest BCUT2D eigenvalue weighted by Crippen LogP contribution is -2.17. The third-order valence-electron chi connectivity index (χ3n) is 2.65. The zero-order valence-corrected chi connectivity index (χ0v) is 22.0. The molecule has 0 atom stereocenters. The highest BCUT2D eigenvalue weighted by atomic mass is 79.9. The zero-order chi connectivity index (χ0) is 21.5. The molecule has 6 nitrogen and oxygen atoms in total. The fourth-order valence-corrected chi connectivity index (χ4v) is 3.21. The van der Waals surface area contributed by atoms with Crippen molar-refractivity contribution in [1.82, 2.24) is 19.9 Å². The number of hydrogen-bond donors (Lipinski definition) is 2. The summed E-state index contributed by atoms with van der Waals surface area (Å²) in [6.07, 6.45) is 3.16. The molecular weight excluding hydrogens is 516 g/mol. The predicted molar refractivity (Wildman–Crippen MR) is 129 cm³/mol. The summed E-state index contributed by atoms with van der Waals surface area (Å²) >= 11 is 6.25. The Hall–Kier alpha value is -1.73. The zero-order valence-electron chi connectivity index (χ0n) is 16.9. The Balaban J connectivity index is 0.000000362. The SMILES string of the molecule is C[Si](C)(C)C#Cc1cnc(N)c(C#C[Si](C)(C)C)n1.Nc1ncc(Br)nc1Br. The molecule has 148 valence electrons. The van der Waals surface area contributed by atoms with Gasteiger partial charge in [-0.05, 0) is 31.9 Å². The Kier molecular flexibility index (Phi) is 8.83. The highest BCUT2D eigenvalue weighted by molar-refractivity contribution is 9.11. The van der Waals surface area contributed by atoms with Gasteiger partial charge in [0.05, 0.1) is 12.4 Å². The van der Waals surface area contributed by atoms with Gasteiger partial charge in [-0.2, -0.15) is 0 Å². The summed E-state index contributed by atoms with van der Waals surface area (Å²) in [5, 5.41) is 0. The van der Waals surface area contributed by atoms with E-state index in [1.165, 1.54) is 0 Å². The number of hydrogen-bond acceptors (Lipinski definition) is 6. The van der Waals surface area contributed by atoms with E-state index in [2.05, 4.69) is 114 Å². The predicted octanol–water partition coefficient (Wildman–Crippen LogP) is 4.10. The minimum Gasteiger partial charge on any atom is -0.381 e. The van der Waals surface area contributed by atoms with Crippen LogP contribution in [0.5, 0.6) is 0 Å². The summed E-state index contributed by atoms with van der Waals surface area (Å²) in [5.74, 6) is 6.90. The highest BCUT2D eigenvalue weighted by Gasteiger charge is 2.10. The number of nitrogen functional groups attached to an aromatic ring is 2. The number of halogens is 2. The average Bonchev–Trinajstić information content (AvgIpc) is 2.55. The molecule has 2 aromatic heterocycles. The highest BCUT2D eigenvalue weighted by Crippen LogP contribution is 2.15. The summed E-state index contributed by atoms with van der Waals surface area (Å²) < 4.78 is 1.24. The Morgan fingerprint density at radius 3 is 1.82 bits per heavy atom. The average molecular weight is 540 g/mol. The van der Waals surface area contributed by atoms with Crippen molar-refractivity contribution in [3.8, 4) is 22.9 Å². The lowest BCUT2D eigenvalue weighted by Gasteiger charge is -2.04. The van der Waals surface area contributed by atoms with Crippen LogP contribution in [0, 0.1) is 22.9 Å². The minimum atomic E-state index is -1.44. The van der Waals surface area contributed by atoms with Crippen LogP contribution in [0.1, 0.15) is 11.4 Å². The van der Waals surface area contributed by atoms with Gasteiger partial charge in [-0.3, -0.25) is 0 Å². The molecule has 2 rings (SSSR count). The normalized spacial score (nSPS) is 10.6. The topological polar surface area (TPSA) is 104 Å². The van der Waals surface area contributed by atoms with Gasteiger partial charge >= 0.3 is 0 Å². The van der Waals surface area contributed by atoms with Crippen molar-refractivity contribution < 1.29 is 0 Å². The van der Waals surface area contributed by atoms with E-state index in [4.69, 9.17) is 11.5 Å². The van der Waals surface area contributed by atoms with E-state index in [0.717, 1.165) is 0 Å². The largest absolute Gasteiger partial charge is 0.381 e. The molecule has 0 radical (unpaired) electrons. The molecule has 0 aliphatic carbocycles. The molecule has 0 aliphatic rings. The summed E-state index contributed by atoms with van der Waals surface area (Å²) in [6.45, 7) is 13.1. The van der Waals surface area contributed by atoms with Crippen molar-refractivity contribution in [3.63, 3.8) is 0 Å². The van der Waals surface area contributed by atoms with Crippen LogP contribution in [0.15, 0.2) is 21.6 Å². The van der Waals surface area contributed by atoms with E-state index in [1.54, 1.807) is 12.4 Å². The van der Waals surface area contributed by atoms with Crippen LogP contribution in [-0.2, 0) is 0 Å². The summed E-state index contributed by atoms with van der Waals surface area (Å²) in [4.78, 5) is 16.2. The van der Waals surface area contributed by atoms with Gasteiger partial charge in [0.1, 0.15) is 31.0 Å². The number of aromatic nitrogens is 4. The second kappa shape index (κ2) is 10.2. The van der Waals surface area contributed by atoms with Gasteiger partial charge in [-0.1, -0.05) is 51.1 Å². The second-order valence-corrected chi connectivity index (χ2v) is 18.9. The molecule has 0 unspecified atom stereocenters. The van der Waals surface area contributed by atoms with Gasteiger partial charge < -0.3 is 11.5 Å². The lowest BCUT2D eigenvalue weighted by molar-refractivity contribution is 1.14. The Bertz CT molecular complexity index is 960. The summed E-state index contributed by atoms with van der Waals surface area (Å²) in [6, 6.07) is 0. The van der Waals surface area contributed by atoms with E-state index >= 15 is 0 Å². The maximum absolute atomic E-state index is 5.80. The molecule has 2 aromatic rings. The summed E-state index contributed by atoms with van der Waals surface area (Å²) in [5.41, 5.74) is 18.9. The van der Waals surface area contributed by atoms with Gasteiger partial charge in [-0.15, -0.1) is 11.1 Å². The van der Waals surface area contributed by atoms with E-state index in [1.807, 2.05) is 0 Å². The van der Waals surface area contributed by atoms with Crippen molar-refractivity contribution in [2.24, 2.45) is 0 Å². The first-order valence-electron chi connectivity index (χ1n) is 8.39. The van der Waals surface area contributed by atoms with Crippen LogP contribution in [-0.4, -0.2) is 36.1 Å². The Morgan fingerprint density at radius 1 is 0.786 bits per heavy atom. The first-order chi connectivity index (χ1) is 12.8. The third-order valence-corrected chi connectivity index (χ3v) is 5.36. The van der Waals surface area contributed by atoms with Crippen molar-refractivity contribution >= 4 is 59.6 Å². The molecule has 0 spiro atoms. The molecule has 0 fully saturated rings. The quantitative estimate of drug-likeness (QED) is 0.385. The number of rotatable bonds is 0. The fraction of sp³-hybridized carbons (Fsp3) is 0.333. The van der Waals surface area contributed by atoms with E-state index in [-0.39, 0.29) is 0 Å². The fourth-order valence-electron chi connectivity index (χ4n) is 1.40. The van der Waals surface area contributed by atoms with Crippen LogP contribution in [0.4, 0.5) is 11.6 Å². The van der Waals surface area contributed by atoms with Gasteiger partial charge in [0.15, 0.2) is 17.3 Å². The van der Waals surface area contributed by atoms with E-state index < -0.39 is 16.1 Å². The van der Waals surface area contributed by atoms with Crippen molar-refractivity contribution in [1.29, 1.82) is 0 Å². The van der Waals surface area contributed by atoms with Crippen LogP contribution in [0.25, 0.3) is 0 Å². The molecule has 2 heterocycles. The number of nitrogens with two attached hydrogens (primary N) is 2. The molecule has 4 N–H and O–H groups in total. The van der Waals surface area contributed by atoms with Crippen molar-refractivity contribution in [3.05, 3.63) is 33.0 Å². The Labute approximate surface area is 185 Å². The van der Waals surface area contributed by atoms with Crippen LogP contribution in [0.3, 0.4) is 0 Å². The second-order valence-electron chi connectivity index (χ2n) is 7.86. The molecule has 0 aliphatic heterocycles. The third kappa shape index (κ3) is 9.99. The molecule has 0 bridgehead atoms. The summed E-state index contributed by atoms with van der Waals surface area (Å²) in [7, 11) is -2.85. The molecule has 28 heavy (non-hydrogen) atoms. The number of anilines is 2. The van der Waals surface area contributed by atoms with Crippen LogP contribution >= 0.6 is 31.9 Å². The maximum atomic E-state index is 5.80. The molecule has 0 saturated carbocycles. The monoisotopic (exact) mass is 538 g/mol. The first-order valence-corrected chi connectivity index (χ1v) is 17.0. The van der Waals surface area contributed by atoms with Gasteiger partial charge in [0.2, 0.25) is 0 Å². The molecule has 0 aromatic carbocycles. The Morgan fingerprint density at radius 2 is 1.32 bits per heavy atom. The lowest BCUT2D eigenvalue weighted by atomic mass is 10.4.